The van der Waals surface area contributed by atoms with Crippen molar-refractivity contribution in [2.75, 3.05) is 30.1 Å². The number of para-hydroxylation sites is 1. The highest BCUT2D eigenvalue weighted by Crippen LogP contribution is 2.27. The van der Waals surface area contributed by atoms with Gasteiger partial charge in [0.25, 0.3) is 15.9 Å². The molecule has 1 heterocycles. The quantitative estimate of drug-likeness (QED) is 0.294. The summed E-state index contributed by atoms with van der Waals surface area (Å²) in [5.41, 5.74) is 8.65. The largest absolute Gasteiger partial charge is 0.397 e. The fourth-order valence-electron chi connectivity index (χ4n) is 4.76. The van der Waals surface area contributed by atoms with Crippen LogP contribution in [0.15, 0.2) is 90.4 Å². The lowest BCUT2D eigenvalue weighted by atomic mass is 10.0. The summed E-state index contributed by atoms with van der Waals surface area (Å²) in [5.74, 6) is -0.375. The number of nitrogens with one attached hydrogen (secondary N) is 1. The van der Waals surface area contributed by atoms with Crippen molar-refractivity contribution < 1.29 is 17.6 Å². The predicted molar refractivity (Wildman–Crippen MR) is 154 cm³/mol. The van der Waals surface area contributed by atoms with Crippen molar-refractivity contribution in [3.05, 3.63) is 108 Å². The zero-order chi connectivity index (χ0) is 28.2. The summed E-state index contributed by atoms with van der Waals surface area (Å²) >= 11 is 0. The Morgan fingerprint density at radius 3 is 2.44 bits per heavy atom. The monoisotopic (exact) mass is 548 g/mol. The first-order valence-corrected chi connectivity index (χ1v) is 14.2. The summed E-state index contributed by atoms with van der Waals surface area (Å²) in [6, 6.07) is 17.8. The number of nitrogen functional groups attached to an aromatic ring is 1. The molecule has 3 aromatic rings. The SMILES string of the molecule is C=C/C=C\c1cccc(S(=O)(=O)Nc2ccc(C(=O)N3CCN(C(C)c4ccc(F)cc4)C[C@H]3C)cc2)c1N. The van der Waals surface area contributed by atoms with Gasteiger partial charge >= 0.3 is 0 Å². The van der Waals surface area contributed by atoms with E-state index in [9.17, 15) is 17.6 Å². The van der Waals surface area contributed by atoms with Gasteiger partial charge in [0, 0.05) is 43.0 Å². The van der Waals surface area contributed by atoms with E-state index < -0.39 is 10.0 Å². The van der Waals surface area contributed by atoms with Crippen LogP contribution in [0.2, 0.25) is 0 Å². The van der Waals surface area contributed by atoms with Crippen molar-refractivity contribution in [3.63, 3.8) is 0 Å². The first-order valence-electron chi connectivity index (χ1n) is 12.7. The van der Waals surface area contributed by atoms with Crippen molar-refractivity contribution in [1.29, 1.82) is 0 Å². The van der Waals surface area contributed by atoms with Gasteiger partial charge in [-0.2, -0.15) is 0 Å². The van der Waals surface area contributed by atoms with Crippen molar-refractivity contribution in [1.82, 2.24) is 9.80 Å². The van der Waals surface area contributed by atoms with Crippen LogP contribution in [0.1, 0.15) is 41.4 Å². The number of hydrogen-bond donors (Lipinski definition) is 2. The molecule has 1 unspecified atom stereocenters. The molecule has 0 aliphatic carbocycles. The molecular formula is C30H33FN4O3S. The molecule has 7 nitrogen and oxygen atoms in total. The molecular weight excluding hydrogens is 515 g/mol. The molecule has 3 aromatic carbocycles. The standard InChI is InChI=1S/C30H33FN4O3S/c1-4-5-7-24-8-6-9-28(29(24)32)39(37,38)33-27-16-12-25(13-17-27)30(36)35-19-18-34(20-21(35)2)22(3)23-10-14-26(31)15-11-23/h4-17,21-22,33H,1,18-20,32H2,2-3H3/b7-5-/t21-,22?/m1/s1. The topological polar surface area (TPSA) is 95.7 Å². The number of carbonyl (C=O) groups is 1. The van der Waals surface area contributed by atoms with Crippen molar-refractivity contribution in [3.8, 4) is 0 Å². The number of hydrogen-bond acceptors (Lipinski definition) is 5. The average molecular weight is 549 g/mol. The third-order valence-corrected chi connectivity index (χ3v) is 8.44. The average Bonchev–Trinajstić information content (AvgIpc) is 2.92. The lowest BCUT2D eigenvalue weighted by Gasteiger charge is -2.42. The minimum Gasteiger partial charge on any atom is -0.397 e. The van der Waals surface area contributed by atoms with E-state index in [4.69, 9.17) is 5.73 Å². The maximum atomic E-state index is 13.3. The zero-order valence-corrected chi connectivity index (χ0v) is 22.9. The smallest absolute Gasteiger partial charge is 0.263 e. The Kier molecular flexibility index (Phi) is 8.52. The second-order valence-electron chi connectivity index (χ2n) is 9.61. The molecule has 1 aliphatic rings. The van der Waals surface area contributed by atoms with Gasteiger partial charge in [-0.15, -0.1) is 0 Å². The van der Waals surface area contributed by atoms with Crippen LogP contribution in [0, 0.1) is 5.82 Å². The molecule has 0 bridgehead atoms. The molecule has 2 atom stereocenters. The van der Waals surface area contributed by atoms with Gasteiger partial charge < -0.3 is 10.6 Å². The number of sulfonamides is 1. The highest BCUT2D eigenvalue weighted by molar-refractivity contribution is 7.92. The fraction of sp³-hybridized carbons (Fsp3) is 0.233. The van der Waals surface area contributed by atoms with Gasteiger partial charge in [0.1, 0.15) is 10.7 Å². The summed E-state index contributed by atoms with van der Waals surface area (Å²) in [6.07, 6.45) is 4.95. The summed E-state index contributed by atoms with van der Waals surface area (Å²) in [5, 5.41) is 0. The predicted octanol–water partition coefficient (Wildman–Crippen LogP) is 5.32. The van der Waals surface area contributed by atoms with E-state index in [1.807, 2.05) is 11.8 Å². The Labute approximate surface area is 229 Å². The number of halogens is 1. The molecule has 9 heteroatoms. The van der Waals surface area contributed by atoms with E-state index in [2.05, 4.69) is 23.1 Å². The number of anilines is 2. The van der Waals surface area contributed by atoms with Gasteiger partial charge in [0.05, 0.1) is 5.69 Å². The number of nitrogens with two attached hydrogens (primary N) is 1. The molecule has 204 valence electrons. The molecule has 0 saturated carbocycles. The summed E-state index contributed by atoms with van der Waals surface area (Å²) in [6.45, 7) is 9.63. The van der Waals surface area contributed by atoms with Gasteiger partial charge in [-0.05, 0) is 67.4 Å². The van der Waals surface area contributed by atoms with Gasteiger partial charge in [0.2, 0.25) is 0 Å². The molecule has 1 fully saturated rings. The lowest BCUT2D eigenvalue weighted by molar-refractivity contribution is 0.0406. The summed E-state index contributed by atoms with van der Waals surface area (Å²) in [4.78, 5) is 17.4. The van der Waals surface area contributed by atoms with Crippen LogP contribution in [0.5, 0.6) is 0 Å². The molecule has 0 aromatic heterocycles. The van der Waals surface area contributed by atoms with E-state index in [-0.39, 0.29) is 34.4 Å². The molecule has 1 saturated heterocycles. The van der Waals surface area contributed by atoms with Gasteiger partial charge in [0.15, 0.2) is 0 Å². The second kappa shape index (κ2) is 11.8. The molecule has 0 radical (unpaired) electrons. The minimum atomic E-state index is -3.95. The van der Waals surface area contributed by atoms with Crippen LogP contribution in [0.25, 0.3) is 6.08 Å². The number of benzene rings is 3. The van der Waals surface area contributed by atoms with Crippen molar-refractivity contribution in [2.45, 2.75) is 30.8 Å². The van der Waals surface area contributed by atoms with E-state index in [0.717, 1.165) is 5.56 Å². The molecule has 4 rings (SSSR count). The van der Waals surface area contributed by atoms with Crippen LogP contribution in [0.4, 0.5) is 15.8 Å². The maximum Gasteiger partial charge on any atom is 0.263 e. The number of allylic oxidation sites excluding steroid dienone is 2. The summed E-state index contributed by atoms with van der Waals surface area (Å²) in [7, 11) is -3.95. The van der Waals surface area contributed by atoms with Gasteiger partial charge in [-0.3, -0.25) is 14.4 Å². The van der Waals surface area contributed by atoms with E-state index in [1.165, 1.54) is 18.2 Å². The van der Waals surface area contributed by atoms with Crippen LogP contribution >= 0.6 is 0 Å². The fourth-order valence-corrected chi connectivity index (χ4v) is 5.98. The maximum absolute atomic E-state index is 13.3. The Morgan fingerprint density at radius 2 is 1.79 bits per heavy atom. The number of carbonyl (C=O) groups excluding carboxylic acids is 1. The third kappa shape index (κ3) is 6.38. The molecule has 1 amide bonds. The van der Waals surface area contributed by atoms with Gasteiger partial charge in [-0.25, -0.2) is 12.8 Å². The molecule has 1 aliphatic heterocycles. The minimum absolute atomic E-state index is 0.0299. The van der Waals surface area contributed by atoms with Crippen LogP contribution < -0.4 is 10.5 Å². The van der Waals surface area contributed by atoms with Crippen molar-refractivity contribution in [2.24, 2.45) is 0 Å². The third-order valence-electron chi connectivity index (χ3n) is 7.01. The Bertz CT molecular complexity index is 1470. The Hall–Kier alpha value is -3.95. The van der Waals surface area contributed by atoms with E-state index in [1.54, 1.807) is 66.8 Å². The number of rotatable bonds is 8. The summed E-state index contributed by atoms with van der Waals surface area (Å²) < 4.78 is 41.9. The van der Waals surface area contributed by atoms with Crippen LogP contribution in [-0.2, 0) is 10.0 Å². The number of amides is 1. The highest BCUT2D eigenvalue weighted by Gasteiger charge is 2.30. The second-order valence-corrected chi connectivity index (χ2v) is 11.3. The molecule has 3 N–H and O–H groups in total. The number of piperazine rings is 1. The first-order chi connectivity index (χ1) is 18.6. The normalized spacial score (nSPS) is 17.2. The van der Waals surface area contributed by atoms with E-state index >= 15 is 0 Å². The van der Waals surface area contributed by atoms with Crippen LogP contribution in [0.3, 0.4) is 0 Å². The Balaban J connectivity index is 1.42. The van der Waals surface area contributed by atoms with Gasteiger partial charge in [-0.1, -0.05) is 49.1 Å². The molecule has 0 spiro atoms. The lowest BCUT2D eigenvalue weighted by Crippen LogP contribution is -2.54. The van der Waals surface area contributed by atoms with E-state index in [0.29, 0.717) is 36.4 Å². The Morgan fingerprint density at radius 1 is 1.10 bits per heavy atom. The molecule has 39 heavy (non-hydrogen) atoms. The first kappa shape index (κ1) is 28.1. The zero-order valence-electron chi connectivity index (χ0n) is 22.0. The highest BCUT2D eigenvalue weighted by atomic mass is 32.2. The van der Waals surface area contributed by atoms with Crippen LogP contribution in [-0.4, -0.2) is 49.8 Å². The number of nitrogens with zero attached hydrogens (tertiary/aromatic N) is 2. The van der Waals surface area contributed by atoms with Crippen molar-refractivity contribution >= 4 is 33.4 Å².